The first kappa shape index (κ1) is 14.7. The molecule has 1 aromatic carbocycles. The Bertz CT molecular complexity index is 446. The summed E-state index contributed by atoms with van der Waals surface area (Å²) in [5.41, 5.74) is 6.33. The van der Waals surface area contributed by atoms with E-state index in [0.29, 0.717) is 17.1 Å². The van der Waals surface area contributed by atoms with Gasteiger partial charge in [-0.2, -0.15) is 0 Å². The van der Waals surface area contributed by atoms with Gasteiger partial charge in [0.05, 0.1) is 14.2 Å². The normalized spacial score (nSPS) is 22.1. The minimum Gasteiger partial charge on any atom is -0.496 e. The van der Waals surface area contributed by atoms with Crippen molar-refractivity contribution >= 4 is 5.91 Å². The third kappa shape index (κ3) is 3.22. The van der Waals surface area contributed by atoms with E-state index in [9.17, 15) is 4.79 Å². The Labute approximate surface area is 119 Å². The van der Waals surface area contributed by atoms with Crippen molar-refractivity contribution in [2.75, 3.05) is 14.2 Å². The average molecular weight is 278 g/mol. The van der Waals surface area contributed by atoms with E-state index in [0.717, 1.165) is 25.7 Å². The quantitative estimate of drug-likeness (QED) is 0.879. The maximum absolute atomic E-state index is 12.5. The predicted octanol–water partition coefficient (Wildman–Crippen LogP) is 1.70. The largest absolute Gasteiger partial charge is 0.496 e. The third-order valence-corrected chi connectivity index (χ3v) is 3.76. The van der Waals surface area contributed by atoms with Gasteiger partial charge in [-0.25, -0.2) is 0 Å². The minimum atomic E-state index is -0.153. The highest BCUT2D eigenvalue weighted by Gasteiger charge is 2.24. The fourth-order valence-electron chi connectivity index (χ4n) is 2.60. The zero-order valence-electron chi connectivity index (χ0n) is 12.0. The van der Waals surface area contributed by atoms with Crippen molar-refractivity contribution in [1.29, 1.82) is 0 Å². The number of carbonyl (C=O) groups is 1. The molecule has 0 spiro atoms. The lowest BCUT2D eigenvalue weighted by atomic mass is 9.91. The van der Waals surface area contributed by atoms with E-state index in [1.165, 1.54) is 0 Å². The average Bonchev–Trinajstić information content (AvgIpc) is 2.48. The molecule has 20 heavy (non-hydrogen) atoms. The van der Waals surface area contributed by atoms with E-state index in [1.807, 2.05) is 0 Å². The first-order chi connectivity index (χ1) is 9.65. The number of nitrogens with one attached hydrogen (secondary N) is 1. The molecule has 5 nitrogen and oxygen atoms in total. The van der Waals surface area contributed by atoms with E-state index in [-0.39, 0.29) is 18.0 Å². The van der Waals surface area contributed by atoms with Crippen LogP contribution in [-0.2, 0) is 0 Å². The summed E-state index contributed by atoms with van der Waals surface area (Å²) in [5, 5.41) is 3.05. The van der Waals surface area contributed by atoms with Crippen LogP contribution < -0.4 is 20.5 Å². The molecule has 0 atom stereocenters. The smallest absolute Gasteiger partial charge is 0.259 e. The van der Waals surface area contributed by atoms with Crippen LogP contribution in [0.2, 0.25) is 0 Å². The minimum absolute atomic E-state index is 0.153. The van der Waals surface area contributed by atoms with Gasteiger partial charge in [0.1, 0.15) is 17.1 Å². The maximum atomic E-state index is 12.5. The molecular weight excluding hydrogens is 256 g/mol. The fraction of sp³-hybridized carbons (Fsp3) is 0.533. The number of amides is 1. The molecule has 0 saturated heterocycles. The van der Waals surface area contributed by atoms with Crippen LogP contribution in [0.4, 0.5) is 0 Å². The fourth-order valence-corrected chi connectivity index (χ4v) is 2.60. The number of benzene rings is 1. The van der Waals surface area contributed by atoms with Gasteiger partial charge in [-0.15, -0.1) is 0 Å². The van der Waals surface area contributed by atoms with Crippen LogP contribution in [-0.4, -0.2) is 32.2 Å². The summed E-state index contributed by atoms with van der Waals surface area (Å²) >= 11 is 0. The molecule has 0 heterocycles. The van der Waals surface area contributed by atoms with Crippen LogP contribution in [0.1, 0.15) is 36.0 Å². The van der Waals surface area contributed by atoms with E-state index in [1.54, 1.807) is 32.4 Å². The van der Waals surface area contributed by atoms with E-state index in [2.05, 4.69) is 5.32 Å². The van der Waals surface area contributed by atoms with Crippen molar-refractivity contribution in [3.63, 3.8) is 0 Å². The molecule has 0 unspecified atom stereocenters. The summed E-state index contributed by atoms with van der Waals surface area (Å²) in [4.78, 5) is 12.5. The molecule has 1 aliphatic rings. The highest BCUT2D eigenvalue weighted by Crippen LogP contribution is 2.28. The molecule has 0 radical (unpaired) electrons. The number of rotatable bonds is 4. The highest BCUT2D eigenvalue weighted by atomic mass is 16.5. The van der Waals surface area contributed by atoms with Crippen molar-refractivity contribution in [3.8, 4) is 11.5 Å². The molecule has 1 fully saturated rings. The van der Waals surface area contributed by atoms with Crippen molar-refractivity contribution in [2.45, 2.75) is 37.8 Å². The lowest BCUT2D eigenvalue weighted by Gasteiger charge is -2.27. The van der Waals surface area contributed by atoms with Gasteiger partial charge in [0.2, 0.25) is 0 Å². The lowest BCUT2D eigenvalue weighted by molar-refractivity contribution is 0.0919. The monoisotopic (exact) mass is 278 g/mol. The Kier molecular flexibility index (Phi) is 4.84. The molecule has 1 aliphatic carbocycles. The van der Waals surface area contributed by atoms with Crippen LogP contribution in [0, 0.1) is 0 Å². The van der Waals surface area contributed by atoms with Crippen molar-refractivity contribution in [2.24, 2.45) is 5.73 Å². The predicted molar refractivity (Wildman–Crippen MR) is 77.2 cm³/mol. The second-order valence-electron chi connectivity index (χ2n) is 5.12. The van der Waals surface area contributed by atoms with E-state index < -0.39 is 0 Å². The standard InChI is InChI=1S/C15H22N2O3/c1-19-12-4-3-5-13(20-2)14(12)15(18)17-11-8-6-10(16)7-9-11/h3-5,10-11H,6-9,16H2,1-2H3,(H,17,18). The molecule has 1 saturated carbocycles. The number of carbonyl (C=O) groups excluding carboxylic acids is 1. The first-order valence-electron chi connectivity index (χ1n) is 6.93. The number of methoxy groups -OCH3 is 2. The van der Waals surface area contributed by atoms with Gasteiger partial charge < -0.3 is 20.5 Å². The van der Waals surface area contributed by atoms with Crippen molar-refractivity contribution in [1.82, 2.24) is 5.32 Å². The summed E-state index contributed by atoms with van der Waals surface area (Å²) in [6.07, 6.45) is 3.75. The second-order valence-corrected chi connectivity index (χ2v) is 5.12. The molecular formula is C15H22N2O3. The summed E-state index contributed by atoms with van der Waals surface area (Å²) in [6.45, 7) is 0. The van der Waals surface area contributed by atoms with Crippen LogP contribution in [0.5, 0.6) is 11.5 Å². The molecule has 0 aromatic heterocycles. The van der Waals surface area contributed by atoms with E-state index >= 15 is 0 Å². The Morgan fingerprint density at radius 2 is 1.70 bits per heavy atom. The van der Waals surface area contributed by atoms with Crippen LogP contribution in [0.3, 0.4) is 0 Å². The van der Waals surface area contributed by atoms with Gasteiger partial charge in [-0.05, 0) is 37.8 Å². The molecule has 0 aliphatic heterocycles. The second kappa shape index (κ2) is 6.61. The summed E-state index contributed by atoms with van der Waals surface area (Å²) in [7, 11) is 3.09. The molecule has 110 valence electrons. The Morgan fingerprint density at radius 3 is 2.20 bits per heavy atom. The Morgan fingerprint density at radius 1 is 1.15 bits per heavy atom. The molecule has 1 aromatic rings. The molecule has 5 heteroatoms. The Balaban J connectivity index is 2.12. The van der Waals surface area contributed by atoms with Crippen molar-refractivity contribution < 1.29 is 14.3 Å². The number of hydrogen-bond donors (Lipinski definition) is 2. The lowest BCUT2D eigenvalue weighted by Crippen LogP contribution is -2.40. The summed E-state index contributed by atoms with van der Waals surface area (Å²) in [6, 6.07) is 5.76. The maximum Gasteiger partial charge on any atom is 0.259 e. The molecule has 2 rings (SSSR count). The van der Waals surface area contributed by atoms with Gasteiger partial charge >= 0.3 is 0 Å². The van der Waals surface area contributed by atoms with Crippen LogP contribution in [0.25, 0.3) is 0 Å². The number of ether oxygens (including phenoxy) is 2. The topological polar surface area (TPSA) is 73.6 Å². The molecule has 3 N–H and O–H groups in total. The Hall–Kier alpha value is -1.75. The first-order valence-corrected chi connectivity index (χ1v) is 6.93. The zero-order chi connectivity index (χ0) is 14.5. The van der Waals surface area contributed by atoms with Gasteiger partial charge in [0.15, 0.2) is 0 Å². The van der Waals surface area contributed by atoms with Gasteiger partial charge in [-0.3, -0.25) is 4.79 Å². The van der Waals surface area contributed by atoms with Gasteiger partial charge in [-0.1, -0.05) is 6.07 Å². The zero-order valence-corrected chi connectivity index (χ0v) is 12.0. The van der Waals surface area contributed by atoms with Crippen LogP contribution >= 0.6 is 0 Å². The summed E-state index contributed by atoms with van der Waals surface area (Å²) in [5.74, 6) is 0.892. The SMILES string of the molecule is COc1cccc(OC)c1C(=O)NC1CCC(N)CC1. The molecule has 1 amide bonds. The van der Waals surface area contributed by atoms with Crippen molar-refractivity contribution in [3.05, 3.63) is 23.8 Å². The van der Waals surface area contributed by atoms with E-state index in [4.69, 9.17) is 15.2 Å². The number of nitrogens with two attached hydrogens (primary N) is 1. The van der Waals surface area contributed by atoms with Gasteiger partial charge in [0.25, 0.3) is 5.91 Å². The summed E-state index contributed by atoms with van der Waals surface area (Å²) < 4.78 is 10.5. The molecule has 0 bridgehead atoms. The third-order valence-electron chi connectivity index (χ3n) is 3.76. The number of hydrogen-bond acceptors (Lipinski definition) is 4. The van der Waals surface area contributed by atoms with Crippen LogP contribution in [0.15, 0.2) is 18.2 Å². The highest BCUT2D eigenvalue weighted by molar-refractivity contribution is 5.99. The van der Waals surface area contributed by atoms with Gasteiger partial charge in [0, 0.05) is 12.1 Å².